The molecule has 0 aliphatic heterocycles. The SMILES string of the molecule is CC(CN(C)c1ccncc1Cl)C(N)=S. The van der Waals surface area contributed by atoms with Crippen LogP contribution in [0.3, 0.4) is 0 Å². The standard InChI is InChI=1S/C10H14ClN3S/c1-7(10(12)15)6-14(2)9-3-4-13-5-8(9)11/h3-5,7H,6H2,1-2H3,(H2,12,15). The van der Waals surface area contributed by atoms with Crippen LogP contribution in [0.5, 0.6) is 0 Å². The van der Waals surface area contributed by atoms with Crippen LogP contribution in [0.1, 0.15) is 6.92 Å². The average molecular weight is 244 g/mol. The van der Waals surface area contributed by atoms with Crippen molar-refractivity contribution in [1.29, 1.82) is 0 Å². The number of hydrogen-bond donors (Lipinski definition) is 1. The second-order valence-corrected chi connectivity index (χ2v) is 4.39. The van der Waals surface area contributed by atoms with E-state index in [1.165, 1.54) is 0 Å². The molecule has 0 bridgehead atoms. The van der Waals surface area contributed by atoms with Crippen LogP contribution in [-0.2, 0) is 0 Å². The molecule has 82 valence electrons. The van der Waals surface area contributed by atoms with E-state index < -0.39 is 0 Å². The Balaban J connectivity index is 2.73. The molecular weight excluding hydrogens is 230 g/mol. The van der Waals surface area contributed by atoms with Gasteiger partial charge in [-0.05, 0) is 6.07 Å². The van der Waals surface area contributed by atoms with E-state index in [0.29, 0.717) is 10.0 Å². The van der Waals surface area contributed by atoms with Crippen molar-refractivity contribution in [2.24, 2.45) is 11.7 Å². The molecule has 0 fully saturated rings. The number of thiocarbonyl (C=S) groups is 1. The summed E-state index contributed by atoms with van der Waals surface area (Å²) in [7, 11) is 1.95. The summed E-state index contributed by atoms with van der Waals surface area (Å²) in [4.78, 5) is 6.47. The Morgan fingerprint density at radius 2 is 2.40 bits per heavy atom. The maximum atomic E-state index is 6.01. The molecule has 0 radical (unpaired) electrons. The van der Waals surface area contributed by atoms with Crippen LogP contribution in [0.2, 0.25) is 5.02 Å². The summed E-state index contributed by atoms with van der Waals surface area (Å²) >= 11 is 10.9. The highest BCUT2D eigenvalue weighted by Crippen LogP contribution is 2.23. The highest BCUT2D eigenvalue weighted by atomic mass is 35.5. The van der Waals surface area contributed by atoms with Gasteiger partial charge in [0.2, 0.25) is 0 Å². The van der Waals surface area contributed by atoms with Crippen molar-refractivity contribution in [3.63, 3.8) is 0 Å². The number of hydrogen-bond acceptors (Lipinski definition) is 3. The first-order valence-corrected chi connectivity index (χ1v) is 5.41. The second kappa shape index (κ2) is 5.28. The molecule has 1 aromatic rings. The smallest absolute Gasteiger partial charge is 0.0822 e. The third kappa shape index (κ3) is 3.32. The van der Waals surface area contributed by atoms with Gasteiger partial charge in [0.15, 0.2) is 0 Å². The highest BCUT2D eigenvalue weighted by molar-refractivity contribution is 7.80. The lowest BCUT2D eigenvalue weighted by Gasteiger charge is -2.23. The molecule has 1 aromatic heterocycles. The zero-order chi connectivity index (χ0) is 11.4. The Morgan fingerprint density at radius 3 is 2.93 bits per heavy atom. The molecule has 1 heterocycles. The summed E-state index contributed by atoms with van der Waals surface area (Å²) in [5, 5.41) is 0.634. The van der Waals surface area contributed by atoms with Gasteiger partial charge in [-0.2, -0.15) is 0 Å². The molecule has 1 unspecified atom stereocenters. The largest absolute Gasteiger partial charge is 0.393 e. The van der Waals surface area contributed by atoms with Crippen LogP contribution in [0.25, 0.3) is 0 Å². The molecule has 0 saturated carbocycles. The maximum absolute atomic E-state index is 6.01. The first-order chi connectivity index (χ1) is 7.02. The van der Waals surface area contributed by atoms with Crippen LogP contribution >= 0.6 is 23.8 Å². The number of pyridine rings is 1. The predicted octanol–water partition coefficient (Wildman–Crippen LogP) is 2.09. The summed E-state index contributed by atoms with van der Waals surface area (Å²) in [6.45, 7) is 2.74. The lowest BCUT2D eigenvalue weighted by molar-refractivity contribution is 0.742. The number of anilines is 1. The Morgan fingerprint density at radius 1 is 1.73 bits per heavy atom. The van der Waals surface area contributed by atoms with Crippen LogP contribution in [0, 0.1) is 5.92 Å². The van der Waals surface area contributed by atoms with Gasteiger partial charge in [-0.25, -0.2) is 0 Å². The molecule has 1 rings (SSSR count). The van der Waals surface area contributed by atoms with E-state index in [2.05, 4.69) is 4.98 Å². The molecule has 5 heteroatoms. The van der Waals surface area contributed by atoms with Crippen molar-refractivity contribution in [3.8, 4) is 0 Å². The molecule has 0 aliphatic rings. The zero-order valence-electron chi connectivity index (χ0n) is 8.77. The van der Waals surface area contributed by atoms with E-state index in [9.17, 15) is 0 Å². The molecule has 15 heavy (non-hydrogen) atoms. The van der Waals surface area contributed by atoms with Gasteiger partial charge in [0, 0.05) is 31.9 Å². The summed E-state index contributed by atoms with van der Waals surface area (Å²) < 4.78 is 0. The van der Waals surface area contributed by atoms with Crippen molar-refractivity contribution in [2.75, 3.05) is 18.5 Å². The third-order valence-electron chi connectivity index (χ3n) is 2.20. The van der Waals surface area contributed by atoms with E-state index in [0.717, 1.165) is 12.2 Å². The second-order valence-electron chi connectivity index (χ2n) is 3.51. The number of aromatic nitrogens is 1. The summed E-state index contributed by atoms with van der Waals surface area (Å²) in [6, 6.07) is 1.87. The molecule has 0 amide bonds. The van der Waals surface area contributed by atoms with Crippen molar-refractivity contribution in [2.45, 2.75) is 6.92 Å². The van der Waals surface area contributed by atoms with Gasteiger partial charge >= 0.3 is 0 Å². The highest BCUT2D eigenvalue weighted by Gasteiger charge is 2.11. The van der Waals surface area contributed by atoms with Gasteiger partial charge in [0.1, 0.15) is 0 Å². The van der Waals surface area contributed by atoms with Crippen LogP contribution < -0.4 is 10.6 Å². The number of halogens is 1. The zero-order valence-corrected chi connectivity index (χ0v) is 10.3. The van der Waals surface area contributed by atoms with Gasteiger partial charge in [0.05, 0.1) is 15.7 Å². The van der Waals surface area contributed by atoms with Gasteiger partial charge in [-0.15, -0.1) is 0 Å². The number of nitrogens with two attached hydrogens (primary N) is 1. The van der Waals surface area contributed by atoms with Crippen molar-refractivity contribution in [1.82, 2.24) is 4.98 Å². The topological polar surface area (TPSA) is 42.2 Å². The Bertz CT molecular complexity index is 356. The molecule has 0 aliphatic carbocycles. The van der Waals surface area contributed by atoms with Crippen LogP contribution in [-0.4, -0.2) is 23.6 Å². The molecule has 1 atom stereocenters. The van der Waals surface area contributed by atoms with Crippen LogP contribution in [0.4, 0.5) is 5.69 Å². The molecule has 0 aromatic carbocycles. The first kappa shape index (κ1) is 12.2. The quantitative estimate of drug-likeness (QED) is 0.823. The van der Waals surface area contributed by atoms with Gasteiger partial charge in [0.25, 0.3) is 0 Å². The Hall–Kier alpha value is -0.870. The fourth-order valence-corrected chi connectivity index (χ4v) is 1.61. The predicted molar refractivity (Wildman–Crippen MR) is 68.5 cm³/mol. The lowest BCUT2D eigenvalue weighted by Crippen LogP contribution is -2.31. The van der Waals surface area contributed by atoms with E-state index in [1.807, 2.05) is 24.9 Å². The Labute approximate surface area is 100 Å². The normalized spacial score (nSPS) is 12.2. The fourth-order valence-electron chi connectivity index (χ4n) is 1.28. The minimum absolute atomic E-state index is 0.161. The fraction of sp³-hybridized carbons (Fsp3) is 0.400. The van der Waals surface area contributed by atoms with Gasteiger partial charge < -0.3 is 10.6 Å². The third-order valence-corrected chi connectivity index (χ3v) is 2.89. The van der Waals surface area contributed by atoms with E-state index in [-0.39, 0.29) is 5.92 Å². The summed E-state index contributed by atoms with van der Waals surface area (Å²) in [5.41, 5.74) is 6.50. The minimum atomic E-state index is 0.161. The van der Waals surface area contributed by atoms with E-state index in [1.54, 1.807) is 12.4 Å². The average Bonchev–Trinajstić information content (AvgIpc) is 2.18. The minimum Gasteiger partial charge on any atom is -0.393 e. The maximum Gasteiger partial charge on any atom is 0.0822 e. The lowest BCUT2D eigenvalue weighted by atomic mass is 10.1. The first-order valence-electron chi connectivity index (χ1n) is 4.62. The molecule has 0 spiro atoms. The molecule has 2 N–H and O–H groups in total. The van der Waals surface area contributed by atoms with Crippen molar-refractivity contribution < 1.29 is 0 Å². The number of nitrogens with zero attached hydrogens (tertiary/aromatic N) is 2. The van der Waals surface area contributed by atoms with Gasteiger partial charge in [-0.3, -0.25) is 4.98 Å². The van der Waals surface area contributed by atoms with Crippen molar-refractivity contribution in [3.05, 3.63) is 23.5 Å². The number of rotatable bonds is 4. The molecule has 0 saturated heterocycles. The summed E-state index contributed by atoms with van der Waals surface area (Å²) in [6.07, 6.45) is 3.34. The van der Waals surface area contributed by atoms with E-state index >= 15 is 0 Å². The van der Waals surface area contributed by atoms with Crippen molar-refractivity contribution >= 4 is 34.5 Å². The molecule has 3 nitrogen and oxygen atoms in total. The Kier molecular flexibility index (Phi) is 4.29. The monoisotopic (exact) mass is 243 g/mol. The summed E-state index contributed by atoms with van der Waals surface area (Å²) in [5.74, 6) is 0.161. The molecular formula is C10H14ClN3S. The van der Waals surface area contributed by atoms with E-state index in [4.69, 9.17) is 29.6 Å². The van der Waals surface area contributed by atoms with Crippen LogP contribution in [0.15, 0.2) is 18.5 Å². The van der Waals surface area contributed by atoms with Gasteiger partial charge in [-0.1, -0.05) is 30.7 Å².